The van der Waals surface area contributed by atoms with Crippen LogP contribution in [0.4, 0.5) is 0 Å². The summed E-state index contributed by atoms with van der Waals surface area (Å²) >= 11 is 0. The Morgan fingerprint density at radius 3 is 2.75 bits per heavy atom. The van der Waals surface area contributed by atoms with Crippen LogP contribution in [0.2, 0.25) is 0 Å². The van der Waals surface area contributed by atoms with Crippen molar-refractivity contribution in [3.8, 4) is 0 Å². The van der Waals surface area contributed by atoms with Gasteiger partial charge in [-0.15, -0.1) is 0 Å². The van der Waals surface area contributed by atoms with Crippen LogP contribution in [0.1, 0.15) is 31.2 Å². The second-order valence-electron chi connectivity index (χ2n) is 6.56. The molecule has 2 heterocycles. The van der Waals surface area contributed by atoms with Gasteiger partial charge in [0.15, 0.2) is 0 Å². The normalized spacial score (nSPS) is 27.6. The van der Waals surface area contributed by atoms with E-state index in [-0.39, 0.29) is 0 Å². The second kappa shape index (κ2) is 6.11. The van der Waals surface area contributed by atoms with E-state index >= 15 is 0 Å². The van der Waals surface area contributed by atoms with Gasteiger partial charge >= 0.3 is 0 Å². The average molecular weight is 270 g/mol. The number of piperidine rings is 2. The predicted octanol–water partition coefficient (Wildman–Crippen LogP) is 3.17. The summed E-state index contributed by atoms with van der Waals surface area (Å²) in [6, 6.07) is 10.6. The van der Waals surface area contributed by atoms with Gasteiger partial charge in [-0.2, -0.15) is 0 Å². The van der Waals surface area contributed by atoms with Crippen LogP contribution in [0.5, 0.6) is 0 Å². The molecule has 1 spiro atoms. The zero-order valence-corrected chi connectivity index (χ0v) is 12.4. The molecular formula is C18H26N2. The minimum Gasteiger partial charge on any atom is -0.316 e. The number of likely N-dealkylation sites (tertiary alicyclic amines) is 1. The Labute approximate surface area is 122 Å². The third-order valence-electron chi connectivity index (χ3n) is 4.90. The fraction of sp³-hybridized carbons (Fsp3) is 0.556. The van der Waals surface area contributed by atoms with Crippen LogP contribution in [0.15, 0.2) is 36.9 Å². The highest BCUT2D eigenvalue weighted by Crippen LogP contribution is 2.36. The van der Waals surface area contributed by atoms with Crippen LogP contribution in [0, 0.1) is 5.41 Å². The van der Waals surface area contributed by atoms with E-state index in [1.807, 2.05) is 0 Å². The van der Waals surface area contributed by atoms with Crippen LogP contribution in [0.25, 0.3) is 5.57 Å². The Balaban J connectivity index is 1.61. The Kier molecular flexibility index (Phi) is 4.23. The van der Waals surface area contributed by atoms with Crippen molar-refractivity contribution in [3.05, 3.63) is 42.5 Å². The fourth-order valence-corrected chi connectivity index (χ4v) is 3.86. The van der Waals surface area contributed by atoms with Crippen molar-refractivity contribution >= 4 is 5.57 Å². The summed E-state index contributed by atoms with van der Waals surface area (Å²) in [5, 5.41) is 3.60. The third kappa shape index (κ3) is 3.13. The van der Waals surface area contributed by atoms with E-state index in [0.717, 1.165) is 6.54 Å². The van der Waals surface area contributed by atoms with Gasteiger partial charge in [-0.25, -0.2) is 0 Å². The lowest BCUT2D eigenvalue weighted by Crippen LogP contribution is -2.51. The monoisotopic (exact) mass is 270 g/mol. The van der Waals surface area contributed by atoms with Crippen LogP contribution in [-0.4, -0.2) is 37.6 Å². The molecule has 108 valence electrons. The number of nitrogens with zero attached hydrogens (tertiary/aromatic N) is 1. The molecule has 2 saturated heterocycles. The summed E-state index contributed by atoms with van der Waals surface area (Å²) in [4.78, 5) is 2.62. The average Bonchev–Trinajstić information content (AvgIpc) is 2.49. The SMILES string of the molecule is C=C(CN1CCCC2(CCCNC2)C1)c1ccccc1. The van der Waals surface area contributed by atoms with Crippen molar-refractivity contribution in [1.29, 1.82) is 0 Å². The molecule has 2 nitrogen and oxygen atoms in total. The van der Waals surface area contributed by atoms with E-state index in [4.69, 9.17) is 0 Å². The smallest absolute Gasteiger partial charge is 0.0234 e. The molecule has 1 N–H and O–H groups in total. The minimum atomic E-state index is 0.535. The first-order valence-electron chi connectivity index (χ1n) is 7.94. The first-order chi connectivity index (χ1) is 9.77. The Hall–Kier alpha value is -1.12. The Morgan fingerprint density at radius 2 is 2.00 bits per heavy atom. The first kappa shape index (κ1) is 13.8. The maximum Gasteiger partial charge on any atom is 0.0234 e. The van der Waals surface area contributed by atoms with Gasteiger partial charge in [-0.3, -0.25) is 4.90 Å². The van der Waals surface area contributed by atoms with Gasteiger partial charge in [-0.1, -0.05) is 36.9 Å². The quantitative estimate of drug-likeness (QED) is 0.907. The van der Waals surface area contributed by atoms with E-state index in [0.29, 0.717) is 5.41 Å². The van der Waals surface area contributed by atoms with E-state index in [9.17, 15) is 0 Å². The third-order valence-corrected chi connectivity index (χ3v) is 4.90. The molecule has 0 saturated carbocycles. The Bertz CT molecular complexity index is 440. The van der Waals surface area contributed by atoms with Crippen LogP contribution in [-0.2, 0) is 0 Å². The predicted molar refractivity (Wildman–Crippen MR) is 85.7 cm³/mol. The van der Waals surface area contributed by atoms with Crippen molar-refractivity contribution < 1.29 is 0 Å². The van der Waals surface area contributed by atoms with Gasteiger partial charge in [0.05, 0.1) is 0 Å². The molecule has 3 rings (SSSR count). The van der Waals surface area contributed by atoms with Gasteiger partial charge in [0.25, 0.3) is 0 Å². The highest BCUT2D eigenvalue weighted by Gasteiger charge is 2.36. The molecular weight excluding hydrogens is 244 g/mol. The van der Waals surface area contributed by atoms with Crippen LogP contribution >= 0.6 is 0 Å². The number of hydrogen-bond acceptors (Lipinski definition) is 2. The molecule has 1 aromatic rings. The van der Waals surface area contributed by atoms with Gasteiger partial charge in [0.1, 0.15) is 0 Å². The first-order valence-corrected chi connectivity index (χ1v) is 7.94. The van der Waals surface area contributed by atoms with E-state index in [1.54, 1.807) is 0 Å². The number of rotatable bonds is 3. The summed E-state index contributed by atoms with van der Waals surface area (Å²) in [6.45, 7) is 10.2. The highest BCUT2D eigenvalue weighted by atomic mass is 15.1. The minimum absolute atomic E-state index is 0.535. The number of benzene rings is 1. The summed E-state index contributed by atoms with van der Waals surface area (Å²) < 4.78 is 0. The van der Waals surface area contributed by atoms with Gasteiger partial charge < -0.3 is 5.32 Å². The molecule has 0 radical (unpaired) electrons. The molecule has 2 aliphatic rings. The molecule has 2 fully saturated rings. The largest absolute Gasteiger partial charge is 0.316 e. The van der Waals surface area contributed by atoms with E-state index in [2.05, 4.69) is 47.1 Å². The zero-order chi connectivity index (χ0) is 13.8. The van der Waals surface area contributed by atoms with Crippen molar-refractivity contribution in [2.75, 3.05) is 32.7 Å². The molecule has 0 aromatic heterocycles. The van der Waals surface area contributed by atoms with E-state index < -0.39 is 0 Å². The summed E-state index contributed by atoms with van der Waals surface area (Å²) in [5.74, 6) is 0. The van der Waals surface area contributed by atoms with Crippen molar-refractivity contribution in [3.63, 3.8) is 0 Å². The van der Waals surface area contributed by atoms with E-state index in [1.165, 1.54) is 63.0 Å². The van der Waals surface area contributed by atoms with Crippen molar-refractivity contribution in [2.24, 2.45) is 5.41 Å². The lowest BCUT2D eigenvalue weighted by Gasteiger charge is -2.45. The maximum absolute atomic E-state index is 4.30. The lowest BCUT2D eigenvalue weighted by molar-refractivity contribution is 0.0733. The zero-order valence-electron chi connectivity index (χ0n) is 12.4. The maximum atomic E-state index is 4.30. The molecule has 0 bridgehead atoms. The molecule has 1 aromatic carbocycles. The molecule has 2 heteroatoms. The summed E-state index contributed by atoms with van der Waals surface area (Å²) in [6.07, 6.45) is 5.47. The standard InChI is InChI=1S/C18H26N2/c1-16(17-7-3-2-4-8-17)13-20-12-6-10-18(15-20)9-5-11-19-14-18/h2-4,7-8,19H,1,5-6,9-15H2. The fourth-order valence-electron chi connectivity index (χ4n) is 3.86. The van der Waals surface area contributed by atoms with Crippen LogP contribution < -0.4 is 5.32 Å². The summed E-state index contributed by atoms with van der Waals surface area (Å²) in [7, 11) is 0. The number of hydrogen-bond donors (Lipinski definition) is 1. The van der Waals surface area contributed by atoms with Gasteiger partial charge in [-0.05, 0) is 55.3 Å². The lowest BCUT2D eigenvalue weighted by atomic mass is 9.74. The van der Waals surface area contributed by atoms with Gasteiger partial charge in [0, 0.05) is 19.6 Å². The highest BCUT2D eigenvalue weighted by molar-refractivity contribution is 5.64. The molecule has 1 atom stereocenters. The Morgan fingerprint density at radius 1 is 1.20 bits per heavy atom. The molecule has 2 aliphatic heterocycles. The van der Waals surface area contributed by atoms with Crippen molar-refractivity contribution in [1.82, 2.24) is 10.2 Å². The van der Waals surface area contributed by atoms with Crippen LogP contribution in [0.3, 0.4) is 0 Å². The summed E-state index contributed by atoms with van der Waals surface area (Å²) in [5.41, 5.74) is 3.08. The van der Waals surface area contributed by atoms with Crippen molar-refractivity contribution in [2.45, 2.75) is 25.7 Å². The molecule has 0 aliphatic carbocycles. The molecule has 20 heavy (non-hydrogen) atoms. The number of nitrogens with one attached hydrogen (secondary N) is 1. The van der Waals surface area contributed by atoms with Gasteiger partial charge in [0.2, 0.25) is 0 Å². The second-order valence-corrected chi connectivity index (χ2v) is 6.56. The topological polar surface area (TPSA) is 15.3 Å². The molecule has 0 amide bonds. The molecule has 1 unspecified atom stereocenters.